The van der Waals surface area contributed by atoms with Gasteiger partial charge < -0.3 is 10.9 Å². The number of likely N-dealkylation sites (N-methyl/N-ethyl adjacent to an activating group) is 1. The molecule has 0 aliphatic heterocycles. The van der Waals surface area contributed by atoms with Crippen LogP contribution in [0.25, 0.3) is 0 Å². The van der Waals surface area contributed by atoms with Crippen molar-refractivity contribution >= 4 is 5.84 Å². The van der Waals surface area contributed by atoms with Gasteiger partial charge in [0, 0.05) is 6.04 Å². The van der Waals surface area contributed by atoms with Gasteiger partial charge in [0.1, 0.15) is 0 Å². The predicted molar refractivity (Wildman–Crippen MR) is 62.1 cm³/mol. The Morgan fingerprint density at radius 3 is 2.53 bits per heavy atom. The Bertz CT molecular complexity index is 212. The van der Waals surface area contributed by atoms with Crippen LogP contribution in [0.5, 0.6) is 0 Å². The molecule has 1 rings (SSSR count). The molecule has 0 aromatic rings. The Balaban J connectivity index is 2.58. The van der Waals surface area contributed by atoms with Crippen molar-refractivity contribution in [2.45, 2.75) is 57.5 Å². The Labute approximate surface area is 92.1 Å². The van der Waals surface area contributed by atoms with Gasteiger partial charge in [-0.3, -0.25) is 4.90 Å². The van der Waals surface area contributed by atoms with Crippen LogP contribution in [0.4, 0.5) is 0 Å². The summed E-state index contributed by atoms with van der Waals surface area (Å²) in [5.74, 6) is 0.338. The van der Waals surface area contributed by atoms with Crippen molar-refractivity contribution in [3.05, 3.63) is 0 Å². The van der Waals surface area contributed by atoms with E-state index in [4.69, 9.17) is 10.9 Å². The van der Waals surface area contributed by atoms with E-state index in [1.54, 1.807) is 0 Å². The molecule has 1 aliphatic carbocycles. The Morgan fingerprint density at radius 2 is 2.07 bits per heavy atom. The van der Waals surface area contributed by atoms with E-state index < -0.39 is 0 Å². The number of nitrogens with zero attached hydrogens (tertiary/aromatic N) is 2. The fourth-order valence-corrected chi connectivity index (χ4v) is 2.52. The van der Waals surface area contributed by atoms with Gasteiger partial charge in [-0.25, -0.2) is 0 Å². The van der Waals surface area contributed by atoms with Crippen LogP contribution in [0, 0.1) is 0 Å². The summed E-state index contributed by atoms with van der Waals surface area (Å²) in [6, 6.07) is 0.682. The average Bonchev–Trinajstić information content (AvgIpc) is 2.30. The number of hydrogen-bond acceptors (Lipinski definition) is 3. The summed E-state index contributed by atoms with van der Waals surface area (Å²) in [4.78, 5) is 2.27. The first-order valence-electron chi connectivity index (χ1n) is 5.90. The first-order valence-corrected chi connectivity index (χ1v) is 5.90. The molecule has 15 heavy (non-hydrogen) atoms. The van der Waals surface area contributed by atoms with E-state index in [9.17, 15) is 0 Å². The van der Waals surface area contributed by atoms with Gasteiger partial charge in [0.05, 0.1) is 6.04 Å². The molecular formula is C11H23N3O. The molecule has 88 valence electrons. The molecule has 1 saturated carbocycles. The van der Waals surface area contributed by atoms with E-state index in [2.05, 4.69) is 24.0 Å². The molecule has 4 nitrogen and oxygen atoms in total. The number of rotatable bonds is 4. The fraction of sp³-hybridized carbons (Fsp3) is 0.909. The minimum absolute atomic E-state index is 0.0816. The van der Waals surface area contributed by atoms with E-state index in [-0.39, 0.29) is 6.04 Å². The summed E-state index contributed by atoms with van der Waals surface area (Å²) in [6.07, 6.45) is 7.34. The number of hydrogen-bond donors (Lipinski definition) is 2. The molecule has 0 amide bonds. The molecule has 1 aliphatic rings. The van der Waals surface area contributed by atoms with Crippen LogP contribution in [-0.4, -0.2) is 35.1 Å². The number of nitrogens with two attached hydrogens (primary N) is 1. The Morgan fingerprint density at radius 1 is 1.47 bits per heavy atom. The second-order valence-corrected chi connectivity index (χ2v) is 4.41. The van der Waals surface area contributed by atoms with Crippen LogP contribution < -0.4 is 5.73 Å². The second-order valence-electron chi connectivity index (χ2n) is 4.41. The van der Waals surface area contributed by atoms with E-state index in [0.29, 0.717) is 11.9 Å². The molecule has 0 heterocycles. The highest BCUT2D eigenvalue weighted by molar-refractivity contribution is 5.85. The van der Waals surface area contributed by atoms with Gasteiger partial charge >= 0.3 is 0 Å². The van der Waals surface area contributed by atoms with Crippen molar-refractivity contribution in [3.8, 4) is 0 Å². The highest BCUT2D eigenvalue weighted by Gasteiger charge is 2.25. The maximum absolute atomic E-state index is 8.72. The number of amidine groups is 1. The van der Waals surface area contributed by atoms with Crippen molar-refractivity contribution < 1.29 is 5.21 Å². The van der Waals surface area contributed by atoms with E-state index in [0.717, 1.165) is 6.42 Å². The SMILES string of the molecule is CCC(C(N)=NO)N(C)C1CCCCC1. The zero-order valence-corrected chi connectivity index (χ0v) is 9.82. The second kappa shape index (κ2) is 5.95. The van der Waals surface area contributed by atoms with E-state index in [1.807, 2.05) is 0 Å². The molecular weight excluding hydrogens is 190 g/mol. The molecule has 1 atom stereocenters. The molecule has 1 fully saturated rings. The van der Waals surface area contributed by atoms with Crippen molar-refractivity contribution in [1.29, 1.82) is 0 Å². The van der Waals surface area contributed by atoms with Crippen molar-refractivity contribution in [2.75, 3.05) is 7.05 Å². The molecule has 4 heteroatoms. The minimum Gasteiger partial charge on any atom is -0.409 e. The van der Waals surface area contributed by atoms with E-state index >= 15 is 0 Å². The van der Waals surface area contributed by atoms with Crippen LogP contribution in [0.15, 0.2) is 5.16 Å². The Hall–Kier alpha value is -0.770. The van der Waals surface area contributed by atoms with Gasteiger partial charge in [-0.05, 0) is 26.3 Å². The minimum atomic E-state index is 0.0816. The van der Waals surface area contributed by atoms with Crippen LogP contribution in [0.3, 0.4) is 0 Å². The quantitative estimate of drug-likeness (QED) is 0.324. The van der Waals surface area contributed by atoms with Gasteiger partial charge in [0.25, 0.3) is 0 Å². The molecule has 0 saturated heterocycles. The zero-order chi connectivity index (χ0) is 11.3. The molecule has 1 unspecified atom stereocenters. The van der Waals surface area contributed by atoms with Gasteiger partial charge in [-0.1, -0.05) is 31.3 Å². The first kappa shape index (κ1) is 12.3. The standard InChI is InChI=1S/C11H23N3O/c1-3-10(11(12)13-15)14(2)9-7-5-4-6-8-9/h9-10,15H,3-8H2,1-2H3,(H2,12,13). The van der Waals surface area contributed by atoms with Crippen LogP contribution in [0.1, 0.15) is 45.4 Å². The van der Waals surface area contributed by atoms with Gasteiger partial charge in [-0.2, -0.15) is 0 Å². The van der Waals surface area contributed by atoms with Crippen LogP contribution in [0.2, 0.25) is 0 Å². The Kier molecular flexibility index (Phi) is 4.88. The zero-order valence-electron chi connectivity index (χ0n) is 9.82. The third kappa shape index (κ3) is 3.09. The van der Waals surface area contributed by atoms with Crippen LogP contribution >= 0.6 is 0 Å². The molecule has 3 N–H and O–H groups in total. The third-order valence-corrected chi connectivity index (χ3v) is 3.49. The molecule has 0 bridgehead atoms. The lowest BCUT2D eigenvalue weighted by molar-refractivity contribution is 0.163. The smallest absolute Gasteiger partial charge is 0.156 e. The molecule has 0 spiro atoms. The highest BCUT2D eigenvalue weighted by Crippen LogP contribution is 2.23. The largest absolute Gasteiger partial charge is 0.409 e. The first-order chi connectivity index (χ1) is 7.20. The van der Waals surface area contributed by atoms with Crippen molar-refractivity contribution in [3.63, 3.8) is 0 Å². The fourth-order valence-electron chi connectivity index (χ4n) is 2.52. The maximum atomic E-state index is 8.72. The summed E-state index contributed by atoms with van der Waals surface area (Å²) in [7, 11) is 2.09. The molecule has 0 radical (unpaired) electrons. The summed E-state index contributed by atoms with van der Waals surface area (Å²) in [5.41, 5.74) is 5.69. The van der Waals surface area contributed by atoms with E-state index in [1.165, 1.54) is 32.1 Å². The summed E-state index contributed by atoms with van der Waals surface area (Å²) < 4.78 is 0. The molecule has 0 aromatic heterocycles. The van der Waals surface area contributed by atoms with Gasteiger partial charge in [0.2, 0.25) is 0 Å². The lowest BCUT2D eigenvalue weighted by Gasteiger charge is -2.36. The summed E-state index contributed by atoms with van der Waals surface area (Å²) in [6.45, 7) is 2.07. The third-order valence-electron chi connectivity index (χ3n) is 3.49. The maximum Gasteiger partial charge on any atom is 0.156 e. The van der Waals surface area contributed by atoms with Crippen molar-refractivity contribution in [2.24, 2.45) is 10.9 Å². The predicted octanol–water partition coefficient (Wildman–Crippen LogP) is 1.78. The normalized spacial score (nSPS) is 21.9. The van der Waals surface area contributed by atoms with Crippen LogP contribution in [-0.2, 0) is 0 Å². The average molecular weight is 213 g/mol. The topological polar surface area (TPSA) is 61.9 Å². The number of oxime groups is 1. The monoisotopic (exact) mass is 213 g/mol. The lowest BCUT2D eigenvalue weighted by Crippen LogP contribution is -2.48. The van der Waals surface area contributed by atoms with Gasteiger partial charge in [0.15, 0.2) is 5.84 Å². The van der Waals surface area contributed by atoms with Gasteiger partial charge in [-0.15, -0.1) is 0 Å². The lowest BCUT2D eigenvalue weighted by atomic mass is 9.93. The highest BCUT2D eigenvalue weighted by atomic mass is 16.4. The summed E-state index contributed by atoms with van der Waals surface area (Å²) >= 11 is 0. The summed E-state index contributed by atoms with van der Waals surface area (Å²) in [5, 5.41) is 11.8. The van der Waals surface area contributed by atoms with Crippen molar-refractivity contribution in [1.82, 2.24) is 4.90 Å². The molecule has 0 aromatic carbocycles.